The van der Waals surface area contributed by atoms with E-state index >= 15 is 0 Å². The number of nitrogens with zero attached hydrogens (tertiary/aromatic N) is 2. The van der Waals surface area contributed by atoms with E-state index in [0.29, 0.717) is 10.3 Å². The van der Waals surface area contributed by atoms with Crippen molar-refractivity contribution in [3.05, 3.63) is 46.4 Å². The van der Waals surface area contributed by atoms with Crippen LogP contribution in [0.3, 0.4) is 0 Å². The van der Waals surface area contributed by atoms with Crippen LogP contribution in [0, 0.1) is 6.92 Å². The maximum Gasteiger partial charge on any atom is 0.237 e. The number of rotatable bonds is 4. The number of amides is 1. The van der Waals surface area contributed by atoms with E-state index in [-0.39, 0.29) is 11.2 Å². The molecule has 0 spiro atoms. The molecule has 4 nitrogen and oxygen atoms in total. The Balaban J connectivity index is 1.70. The summed E-state index contributed by atoms with van der Waals surface area (Å²) in [6.07, 6.45) is 0. The highest BCUT2D eigenvalue weighted by atomic mass is 35.5. The normalized spacial score (nSPS) is 12.3. The Morgan fingerprint density at radius 3 is 2.74 bits per heavy atom. The van der Waals surface area contributed by atoms with Gasteiger partial charge in [0.25, 0.3) is 0 Å². The first kappa shape index (κ1) is 16.2. The fourth-order valence-corrected chi connectivity index (χ4v) is 3.88. The lowest BCUT2D eigenvalue weighted by atomic mass is 10.2. The van der Waals surface area contributed by atoms with Gasteiger partial charge in [0.1, 0.15) is 9.98 Å². The van der Waals surface area contributed by atoms with E-state index in [1.54, 1.807) is 0 Å². The van der Waals surface area contributed by atoms with Crippen LogP contribution in [0.4, 0.5) is 5.69 Å². The van der Waals surface area contributed by atoms with Crippen molar-refractivity contribution in [1.82, 2.24) is 9.97 Å². The zero-order chi connectivity index (χ0) is 16.4. The number of nitrogens with one attached hydrogen (secondary N) is 1. The van der Waals surface area contributed by atoms with E-state index in [9.17, 15) is 4.79 Å². The molecule has 1 N–H and O–H groups in total. The molecule has 0 aliphatic heterocycles. The van der Waals surface area contributed by atoms with Crippen LogP contribution in [0.2, 0.25) is 5.15 Å². The van der Waals surface area contributed by atoms with Crippen molar-refractivity contribution in [3.63, 3.8) is 0 Å². The van der Waals surface area contributed by atoms with Gasteiger partial charge in [-0.25, -0.2) is 9.97 Å². The predicted molar refractivity (Wildman–Crippen MR) is 97.6 cm³/mol. The fraction of sp³-hybridized carbons (Fsp3) is 0.188. The monoisotopic (exact) mass is 363 g/mol. The van der Waals surface area contributed by atoms with Crippen LogP contribution in [-0.2, 0) is 4.79 Å². The SMILES string of the molecule is Cc1ccc(NC(=O)C(C)Sc2nc(Cl)c3ccsc3n2)cc1. The molecule has 1 aromatic carbocycles. The Morgan fingerprint density at radius 1 is 1.26 bits per heavy atom. The minimum absolute atomic E-state index is 0.0927. The largest absolute Gasteiger partial charge is 0.325 e. The summed E-state index contributed by atoms with van der Waals surface area (Å²) < 4.78 is 0. The van der Waals surface area contributed by atoms with Gasteiger partial charge in [0.2, 0.25) is 5.91 Å². The second-order valence-electron chi connectivity index (χ2n) is 5.05. The van der Waals surface area contributed by atoms with Gasteiger partial charge in [-0.2, -0.15) is 0 Å². The second kappa shape index (κ2) is 6.86. The molecule has 23 heavy (non-hydrogen) atoms. The van der Waals surface area contributed by atoms with E-state index in [4.69, 9.17) is 11.6 Å². The van der Waals surface area contributed by atoms with Gasteiger partial charge in [0.15, 0.2) is 5.16 Å². The third-order valence-electron chi connectivity index (χ3n) is 3.23. The van der Waals surface area contributed by atoms with Gasteiger partial charge in [0.05, 0.1) is 5.25 Å². The molecule has 118 valence electrons. The zero-order valence-electron chi connectivity index (χ0n) is 12.5. The highest BCUT2D eigenvalue weighted by molar-refractivity contribution is 8.00. The lowest BCUT2D eigenvalue weighted by molar-refractivity contribution is -0.115. The van der Waals surface area contributed by atoms with E-state index < -0.39 is 0 Å². The third kappa shape index (κ3) is 3.83. The van der Waals surface area contributed by atoms with Crippen LogP contribution in [-0.4, -0.2) is 21.1 Å². The maximum absolute atomic E-state index is 12.3. The van der Waals surface area contributed by atoms with Gasteiger partial charge >= 0.3 is 0 Å². The van der Waals surface area contributed by atoms with Crippen LogP contribution in [0.15, 0.2) is 40.9 Å². The maximum atomic E-state index is 12.3. The molecule has 1 atom stereocenters. The van der Waals surface area contributed by atoms with E-state index in [1.807, 2.05) is 49.6 Å². The summed E-state index contributed by atoms with van der Waals surface area (Å²) in [5.74, 6) is -0.0927. The third-order valence-corrected chi connectivity index (χ3v) is 5.28. The second-order valence-corrected chi connectivity index (χ2v) is 7.61. The quantitative estimate of drug-likeness (QED) is 0.412. The van der Waals surface area contributed by atoms with E-state index in [2.05, 4.69) is 15.3 Å². The number of aromatic nitrogens is 2. The topological polar surface area (TPSA) is 54.9 Å². The Morgan fingerprint density at radius 2 is 2.00 bits per heavy atom. The molecular weight excluding hydrogens is 350 g/mol. The number of hydrogen-bond donors (Lipinski definition) is 1. The molecule has 0 fully saturated rings. The summed E-state index contributed by atoms with van der Waals surface area (Å²) in [4.78, 5) is 21.8. The molecule has 0 saturated heterocycles. The molecule has 2 aromatic heterocycles. The summed E-state index contributed by atoms with van der Waals surface area (Å²) >= 11 is 8.95. The van der Waals surface area contributed by atoms with Crippen molar-refractivity contribution in [1.29, 1.82) is 0 Å². The number of carbonyl (C=O) groups is 1. The van der Waals surface area contributed by atoms with Crippen LogP contribution in [0.5, 0.6) is 0 Å². The molecule has 0 saturated carbocycles. The van der Waals surface area contributed by atoms with Gasteiger partial charge in [0, 0.05) is 11.1 Å². The highest BCUT2D eigenvalue weighted by Gasteiger charge is 2.17. The van der Waals surface area contributed by atoms with Gasteiger partial charge < -0.3 is 5.32 Å². The lowest BCUT2D eigenvalue weighted by Gasteiger charge is -2.11. The molecule has 3 rings (SSSR count). The first-order chi connectivity index (χ1) is 11.0. The number of anilines is 1. The first-order valence-corrected chi connectivity index (χ1v) is 9.11. The highest BCUT2D eigenvalue weighted by Crippen LogP contribution is 2.29. The summed E-state index contributed by atoms with van der Waals surface area (Å²) in [5, 5.41) is 6.26. The molecule has 1 unspecified atom stereocenters. The molecule has 7 heteroatoms. The van der Waals surface area contributed by atoms with Crippen molar-refractivity contribution >= 4 is 56.5 Å². The van der Waals surface area contributed by atoms with Gasteiger partial charge in [-0.1, -0.05) is 41.1 Å². The number of thiophene rings is 1. The Hall–Kier alpha value is -1.63. The summed E-state index contributed by atoms with van der Waals surface area (Å²) in [5.41, 5.74) is 1.93. The first-order valence-electron chi connectivity index (χ1n) is 6.98. The van der Waals surface area contributed by atoms with Crippen LogP contribution in [0.1, 0.15) is 12.5 Å². The summed E-state index contributed by atoms with van der Waals surface area (Å²) in [7, 11) is 0. The fourth-order valence-electron chi connectivity index (χ4n) is 1.95. The molecule has 2 heterocycles. The molecular formula is C16H14ClN3OS2. The number of thioether (sulfide) groups is 1. The van der Waals surface area contributed by atoms with E-state index in [0.717, 1.165) is 21.5 Å². The number of carbonyl (C=O) groups excluding carboxylic acids is 1. The minimum atomic E-state index is -0.329. The average molecular weight is 364 g/mol. The lowest BCUT2D eigenvalue weighted by Crippen LogP contribution is -2.22. The molecule has 0 bridgehead atoms. The number of benzene rings is 1. The molecule has 1 amide bonds. The van der Waals surface area contributed by atoms with Crippen molar-refractivity contribution in [2.75, 3.05) is 5.32 Å². The van der Waals surface area contributed by atoms with Gasteiger partial charge in [-0.15, -0.1) is 11.3 Å². The Labute approximate surface area is 147 Å². The summed E-state index contributed by atoms with van der Waals surface area (Å²) in [6.45, 7) is 3.83. The van der Waals surface area contributed by atoms with Crippen LogP contribution in [0.25, 0.3) is 10.2 Å². The van der Waals surface area contributed by atoms with Crippen molar-refractivity contribution < 1.29 is 4.79 Å². The predicted octanol–water partition coefficient (Wildman–Crippen LogP) is 4.77. The molecule has 3 aromatic rings. The zero-order valence-corrected chi connectivity index (χ0v) is 14.9. The molecule has 0 radical (unpaired) electrons. The van der Waals surface area contributed by atoms with Gasteiger partial charge in [-0.3, -0.25) is 4.79 Å². The standard InChI is InChI=1S/C16H14ClN3OS2/c1-9-3-5-11(6-4-9)18-14(21)10(2)23-16-19-13(17)12-7-8-22-15(12)20-16/h3-8,10H,1-2H3,(H,18,21). The van der Waals surface area contributed by atoms with Crippen molar-refractivity contribution in [3.8, 4) is 0 Å². The summed E-state index contributed by atoms with van der Waals surface area (Å²) in [6, 6.07) is 9.58. The van der Waals surface area contributed by atoms with E-state index in [1.165, 1.54) is 23.1 Å². The van der Waals surface area contributed by atoms with Crippen molar-refractivity contribution in [2.24, 2.45) is 0 Å². The Bertz CT molecular complexity index is 848. The van der Waals surface area contributed by atoms with Gasteiger partial charge in [-0.05, 0) is 37.4 Å². The molecule has 0 aliphatic rings. The average Bonchev–Trinajstić information content (AvgIpc) is 2.98. The minimum Gasteiger partial charge on any atom is -0.325 e. The number of aryl methyl sites for hydroxylation is 1. The van der Waals surface area contributed by atoms with Crippen LogP contribution >= 0.6 is 34.7 Å². The molecule has 0 aliphatic carbocycles. The number of hydrogen-bond acceptors (Lipinski definition) is 5. The number of fused-ring (bicyclic) bond motifs is 1. The van der Waals surface area contributed by atoms with Crippen molar-refractivity contribution in [2.45, 2.75) is 24.3 Å². The number of halogens is 1. The van der Waals surface area contributed by atoms with Crippen LogP contribution < -0.4 is 5.32 Å². The smallest absolute Gasteiger partial charge is 0.237 e. The Kier molecular flexibility index (Phi) is 4.84.